The Balaban J connectivity index is 2.64. The van der Waals surface area contributed by atoms with Gasteiger partial charge in [-0.15, -0.1) is 0 Å². The molecule has 0 heterocycles. The highest BCUT2D eigenvalue weighted by molar-refractivity contribution is 5.75. The Morgan fingerprint density at radius 1 is 1.21 bits per heavy atom. The third kappa shape index (κ3) is 4.70. The molecule has 106 valence electrons. The van der Waals surface area contributed by atoms with Gasteiger partial charge in [-0.25, -0.2) is 0 Å². The SMILES string of the molecule is CC[C@@](C)(CCCCC(C)=O)c1ccc(OC)cc1. The zero-order valence-electron chi connectivity index (χ0n) is 12.7. The monoisotopic (exact) mass is 262 g/mol. The van der Waals surface area contributed by atoms with Crippen LogP contribution in [0.25, 0.3) is 0 Å². The molecule has 0 amide bonds. The number of ether oxygens (including phenoxy) is 1. The van der Waals surface area contributed by atoms with E-state index >= 15 is 0 Å². The van der Waals surface area contributed by atoms with Crippen LogP contribution in [0, 0.1) is 0 Å². The average molecular weight is 262 g/mol. The highest BCUT2D eigenvalue weighted by atomic mass is 16.5. The number of rotatable bonds is 8. The topological polar surface area (TPSA) is 26.3 Å². The van der Waals surface area contributed by atoms with Crippen molar-refractivity contribution in [1.29, 1.82) is 0 Å². The maximum Gasteiger partial charge on any atom is 0.129 e. The van der Waals surface area contributed by atoms with Gasteiger partial charge in [-0.3, -0.25) is 0 Å². The Kier molecular flexibility index (Phi) is 6.07. The summed E-state index contributed by atoms with van der Waals surface area (Å²) in [7, 11) is 1.69. The van der Waals surface area contributed by atoms with Crippen molar-refractivity contribution in [2.45, 2.75) is 58.3 Å². The lowest BCUT2D eigenvalue weighted by Crippen LogP contribution is -2.20. The van der Waals surface area contributed by atoms with E-state index in [2.05, 4.69) is 26.0 Å². The van der Waals surface area contributed by atoms with Crippen LogP contribution in [0.3, 0.4) is 0 Å². The third-order valence-electron chi connectivity index (χ3n) is 4.07. The quantitative estimate of drug-likeness (QED) is 0.644. The third-order valence-corrected chi connectivity index (χ3v) is 4.07. The van der Waals surface area contributed by atoms with Crippen LogP contribution in [0.4, 0.5) is 0 Å². The number of hydrogen-bond acceptors (Lipinski definition) is 2. The summed E-state index contributed by atoms with van der Waals surface area (Å²) in [6.45, 7) is 6.21. The van der Waals surface area contributed by atoms with E-state index in [-0.39, 0.29) is 5.41 Å². The zero-order chi connectivity index (χ0) is 14.3. The lowest BCUT2D eigenvalue weighted by atomic mass is 9.76. The van der Waals surface area contributed by atoms with Gasteiger partial charge in [-0.05, 0) is 49.3 Å². The maximum atomic E-state index is 11.0. The molecule has 0 aromatic heterocycles. The van der Waals surface area contributed by atoms with Gasteiger partial charge in [0.1, 0.15) is 11.5 Å². The molecule has 0 fully saturated rings. The first-order valence-electron chi connectivity index (χ1n) is 7.16. The summed E-state index contributed by atoms with van der Waals surface area (Å²) < 4.78 is 5.20. The molecule has 0 aliphatic carbocycles. The number of carbonyl (C=O) groups excluding carboxylic acids is 1. The second kappa shape index (κ2) is 7.32. The minimum absolute atomic E-state index is 0.197. The molecule has 0 radical (unpaired) electrons. The summed E-state index contributed by atoms with van der Waals surface area (Å²) in [5.74, 6) is 1.20. The summed E-state index contributed by atoms with van der Waals surface area (Å²) in [5.41, 5.74) is 1.56. The van der Waals surface area contributed by atoms with Gasteiger partial charge in [-0.1, -0.05) is 32.4 Å². The minimum Gasteiger partial charge on any atom is -0.497 e. The van der Waals surface area contributed by atoms with E-state index in [1.165, 1.54) is 5.56 Å². The highest BCUT2D eigenvalue weighted by Gasteiger charge is 2.23. The van der Waals surface area contributed by atoms with Crippen molar-refractivity contribution < 1.29 is 9.53 Å². The van der Waals surface area contributed by atoms with Crippen molar-refractivity contribution in [3.05, 3.63) is 29.8 Å². The second-order valence-corrected chi connectivity index (χ2v) is 5.55. The predicted molar refractivity (Wildman–Crippen MR) is 79.8 cm³/mol. The largest absolute Gasteiger partial charge is 0.497 e. The first kappa shape index (κ1) is 15.7. The van der Waals surface area contributed by atoms with Crippen LogP contribution < -0.4 is 4.74 Å². The molecule has 0 N–H and O–H groups in total. The fourth-order valence-corrected chi connectivity index (χ4v) is 2.41. The molecule has 0 aliphatic heterocycles. The van der Waals surface area contributed by atoms with Crippen molar-refractivity contribution in [3.8, 4) is 5.75 Å². The van der Waals surface area contributed by atoms with Crippen LogP contribution in [0.1, 0.15) is 58.4 Å². The van der Waals surface area contributed by atoms with E-state index in [0.29, 0.717) is 12.2 Å². The van der Waals surface area contributed by atoms with Crippen LogP contribution in [-0.2, 0) is 10.2 Å². The molecule has 1 aromatic carbocycles. The van der Waals surface area contributed by atoms with Crippen molar-refractivity contribution in [2.24, 2.45) is 0 Å². The molecule has 0 saturated heterocycles. The number of methoxy groups -OCH3 is 1. The van der Waals surface area contributed by atoms with Crippen molar-refractivity contribution in [1.82, 2.24) is 0 Å². The van der Waals surface area contributed by atoms with Crippen molar-refractivity contribution in [3.63, 3.8) is 0 Å². The van der Waals surface area contributed by atoms with Gasteiger partial charge < -0.3 is 9.53 Å². The summed E-state index contributed by atoms with van der Waals surface area (Å²) >= 11 is 0. The fraction of sp³-hybridized carbons (Fsp3) is 0.588. The van der Waals surface area contributed by atoms with E-state index in [9.17, 15) is 4.79 Å². The standard InChI is InChI=1S/C17H26O2/c1-5-17(3,13-7-6-8-14(2)18)15-9-11-16(19-4)12-10-15/h9-12H,5-8,13H2,1-4H3/t17-/m0/s1. The number of carbonyl (C=O) groups is 1. The summed E-state index contributed by atoms with van der Waals surface area (Å²) in [6.07, 6.45) is 5.06. The van der Waals surface area contributed by atoms with E-state index in [1.54, 1.807) is 14.0 Å². The molecule has 0 spiro atoms. The first-order valence-corrected chi connectivity index (χ1v) is 7.16. The predicted octanol–water partition coefficient (Wildman–Crippen LogP) is 4.51. The molecule has 1 rings (SSSR count). The molecule has 0 aliphatic rings. The summed E-state index contributed by atoms with van der Waals surface area (Å²) in [5, 5.41) is 0. The minimum atomic E-state index is 0.197. The Labute approximate surface area is 117 Å². The molecule has 2 heteroatoms. The Morgan fingerprint density at radius 3 is 2.32 bits per heavy atom. The van der Waals surface area contributed by atoms with Gasteiger partial charge in [0.15, 0.2) is 0 Å². The molecule has 1 atom stereocenters. The number of ketones is 1. The average Bonchev–Trinajstić information content (AvgIpc) is 2.43. The van der Waals surface area contributed by atoms with Crippen molar-refractivity contribution >= 4 is 5.78 Å². The van der Waals surface area contributed by atoms with Crippen LogP contribution in [0.2, 0.25) is 0 Å². The lowest BCUT2D eigenvalue weighted by Gasteiger charge is -2.29. The fourth-order valence-electron chi connectivity index (χ4n) is 2.41. The van der Waals surface area contributed by atoms with E-state index < -0.39 is 0 Å². The molecular formula is C17H26O2. The number of hydrogen-bond donors (Lipinski definition) is 0. The zero-order valence-corrected chi connectivity index (χ0v) is 12.7. The molecule has 19 heavy (non-hydrogen) atoms. The summed E-state index contributed by atoms with van der Waals surface area (Å²) in [6, 6.07) is 8.37. The number of Topliss-reactive ketones (excluding diaryl/α,β-unsaturated/α-hetero) is 1. The molecule has 1 aromatic rings. The van der Waals surface area contributed by atoms with Crippen LogP contribution in [0.5, 0.6) is 5.75 Å². The van der Waals surface area contributed by atoms with Gasteiger partial charge in [0.25, 0.3) is 0 Å². The van der Waals surface area contributed by atoms with Gasteiger partial charge >= 0.3 is 0 Å². The van der Waals surface area contributed by atoms with E-state index in [1.807, 2.05) is 12.1 Å². The van der Waals surface area contributed by atoms with Crippen LogP contribution in [0.15, 0.2) is 24.3 Å². The molecule has 0 bridgehead atoms. The first-order chi connectivity index (χ1) is 9.01. The van der Waals surface area contributed by atoms with Crippen LogP contribution in [-0.4, -0.2) is 12.9 Å². The van der Waals surface area contributed by atoms with E-state index in [0.717, 1.165) is 31.4 Å². The normalized spacial score (nSPS) is 13.9. The van der Waals surface area contributed by atoms with Gasteiger partial charge in [-0.2, -0.15) is 0 Å². The van der Waals surface area contributed by atoms with Crippen LogP contribution >= 0.6 is 0 Å². The highest BCUT2D eigenvalue weighted by Crippen LogP contribution is 2.34. The lowest BCUT2D eigenvalue weighted by molar-refractivity contribution is -0.117. The molecular weight excluding hydrogens is 236 g/mol. The molecule has 0 saturated carbocycles. The molecule has 2 nitrogen and oxygen atoms in total. The Bertz CT molecular complexity index is 394. The van der Waals surface area contributed by atoms with Gasteiger partial charge in [0.2, 0.25) is 0 Å². The van der Waals surface area contributed by atoms with E-state index in [4.69, 9.17) is 4.74 Å². The number of unbranched alkanes of at least 4 members (excludes halogenated alkanes) is 1. The second-order valence-electron chi connectivity index (χ2n) is 5.55. The number of benzene rings is 1. The Morgan fingerprint density at radius 2 is 1.84 bits per heavy atom. The van der Waals surface area contributed by atoms with Gasteiger partial charge in [0.05, 0.1) is 7.11 Å². The maximum absolute atomic E-state index is 11.0. The smallest absolute Gasteiger partial charge is 0.129 e. The summed E-state index contributed by atoms with van der Waals surface area (Å²) in [4.78, 5) is 11.0. The Hall–Kier alpha value is -1.31. The van der Waals surface area contributed by atoms with Gasteiger partial charge in [0, 0.05) is 6.42 Å². The van der Waals surface area contributed by atoms with Crippen molar-refractivity contribution in [2.75, 3.05) is 7.11 Å². The molecule has 0 unspecified atom stereocenters.